The molecule has 0 saturated heterocycles. The molecular formula is C14H20O2. The molecule has 0 aromatic heterocycles. The minimum absolute atomic E-state index is 0.0498. The Kier molecular flexibility index (Phi) is 4.53. The second-order valence-electron chi connectivity index (χ2n) is 4.52. The van der Waals surface area contributed by atoms with Crippen LogP contribution in [0.4, 0.5) is 0 Å². The van der Waals surface area contributed by atoms with Crippen molar-refractivity contribution in [3.63, 3.8) is 0 Å². The monoisotopic (exact) mass is 220 g/mol. The normalized spacial score (nSPS) is 14.6. The van der Waals surface area contributed by atoms with Crippen molar-refractivity contribution in [2.75, 3.05) is 0 Å². The Hall–Kier alpha value is -1.31. The molecule has 0 saturated carbocycles. The molecule has 0 N–H and O–H groups in total. The molecule has 1 aromatic carbocycles. The minimum atomic E-state index is -0.171. The minimum Gasteiger partial charge on any atom is -0.458 e. The van der Waals surface area contributed by atoms with Crippen LogP contribution in [0, 0.1) is 11.8 Å². The van der Waals surface area contributed by atoms with Crippen LogP contribution in [0.25, 0.3) is 0 Å². The quantitative estimate of drug-likeness (QED) is 0.725. The predicted molar refractivity (Wildman–Crippen MR) is 65.0 cm³/mol. The van der Waals surface area contributed by atoms with Crippen molar-refractivity contribution in [3.05, 3.63) is 35.9 Å². The Morgan fingerprint density at radius 3 is 2.12 bits per heavy atom. The molecule has 0 bridgehead atoms. The van der Waals surface area contributed by atoms with Gasteiger partial charge in [0.25, 0.3) is 0 Å². The molecule has 0 spiro atoms. The van der Waals surface area contributed by atoms with Crippen LogP contribution in [0.1, 0.15) is 39.4 Å². The Bertz CT molecular complexity index is 330. The number of ether oxygens (including phenoxy) is 1. The summed E-state index contributed by atoms with van der Waals surface area (Å²) in [5, 5.41) is 0. The van der Waals surface area contributed by atoms with Crippen LogP contribution in [0.3, 0.4) is 0 Å². The summed E-state index contributed by atoms with van der Waals surface area (Å²) in [4.78, 5) is 11.7. The standard InChI is InChI=1S/C14H20O2/c1-10(2)11(3)14(15)16-12(4)13-8-6-5-7-9-13/h5-12H,1-4H3. The van der Waals surface area contributed by atoms with E-state index in [1.165, 1.54) is 0 Å². The molecule has 1 aromatic rings. The number of hydrogen-bond acceptors (Lipinski definition) is 2. The molecule has 88 valence electrons. The lowest BCUT2D eigenvalue weighted by Gasteiger charge is -2.19. The fourth-order valence-electron chi connectivity index (χ4n) is 1.35. The highest BCUT2D eigenvalue weighted by Crippen LogP contribution is 2.20. The van der Waals surface area contributed by atoms with E-state index in [-0.39, 0.29) is 18.0 Å². The average molecular weight is 220 g/mol. The first-order valence-corrected chi connectivity index (χ1v) is 5.77. The van der Waals surface area contributed by atoms with Gasteiger partial charge in [-0.2, -0.15) is 0 Å². The van der Waals surface area contributed by atoms with Gasteiger partial charge >= 0.3 is 5.97 Å². The van der Waals surface area contributed by atoms with Gasteiger partial charge in [0.2, 0.25) is 0 Å². The van der Waals surface area contributed by atoms with Crippen molar-refractivity contribution in [2.45, 2.75) is 33.8 Å². The summed E-state index contributed by atoms with van der Waals surface area (Å²) < 4.78 is 5.42. The summed E-state index contributed by atoms with van der Waals surface area (Å²) in [5.74, 6) is 0.146. The predicted octanol–water partition coefficient (Wildman–Crippen LogP) is 3.58. The molecule has 0 aliphatic rings. The Morgan fingerprint density at radius 2 is 1.62 bits per heavy atom. The van der Waals surface area contributed by atoms with E-state index < -0.39 is 0 Å². The zero-order valence-corrected chi connectivity index (χ0v) is 10.4. The third kappa shape index (κ3) is 3.37. The lowest BCUT2D eigenvalue weighted by Crippen LogP contribution is -2.21. The highest BCUT2D eigenvalue weighted by atomic mass is 16.5. The third-order valence-corrected chi connectivity index (χ3v) is 2.93. The molecule has 0 amide bonds. The van der Waals surface area contributed by atoms with Crippen molar-refractivity contribution in [3.8, 4) is 0 Å². The van der Waals surface area contributed by atoms with Crippen LogP contribution in [0.2, 0.25) is 0 Å². The molecule has 0 aliphatic heterocycles. The second-order valence-corrected chi connectivity index (χ2v) is 4.52. The first kappa shape index (κ1) is 12.8. The number of benzene rings is 1. The molecular weight excluding hydrogens is 200 g/mol. The number of hydrogen-bond donors (Lipinski definition) is 0. The molecule has 16 heavy (non-hydrogen) atoms. The van der Waals surface area contributed by atoms with Crippen molar-refractivity contribution in [1.29, 1.82) is 0 Å². The summed E-state index contributed by atoms with van der Waals surface area (Å²) in [6, 6.07) is 9.79. The first-order valence-electron chi connectivity index (χ1n) is 5.77. The highest BCUT2D eigenvalue weighted by Gasteiger charge is 2.20. The maximum Gasteiger partial charge on any atom is 0.309 e. The summed E-state index contributed by atoms with van der Waals surface area (Å²) in [7, 11) is 0. The summed E-state index contributed by atoms with van der Waals surface area (Å²) in [6.45, 7) is 7.86. The van der Waals surface area contributed by atoms with E-state index in [1.54, 1.807) is 0 Å². The zero-order chi connectivity index (χ0) is 12.1. The van der Waals surface area contributed by atoms with E-state index in [9.17, 15) is 4.79 Å². The van der Waals surface area contributed by atoms with Crippen LogP contribution in [-0.2, 0) is 9.53 Å². The van der Waals surface area contributed by atoms with Crippen molar-refractivity contribution in [2.24, 2.45) is 11.8 Å². The maximum atomic E-state index is 11.7. The Morgan fingerprint density at radius 1 is 1.06 bits per heavy atom. The number of esters is 1. The molecule has 0 aliphatic carbocycles. The lowest BCUT2D eigenvalue weighted by molar-refractivity contribution is -0.154. The smallest absolute Gasteiger partial charge is 0.309 e. The summed E-state index contributed by atoms with van der Waals surface area (Å²) in [6.07, 6.45) is -0.171. The number of rotatable bonds is 4. The summed E-state index contributed by atoms with van der Waals surface area (Å²) in [5.41, 5.74) is 1.03. The number of carbonyl (C=O) groups excluding carboxylic acids is 1. The van der Waals surface area contributed by atoms with Gasteiger partial charge in [0.05, 0.1) is 5.92 Å². The van der Waals surface area contributed by atoms with E-state index in [1.807, 2.05) is 58.0 Å². The van der Waals surface area contributed by atoms with Gasteiger partial charge in [0.15, 0.2) is 0 Å². The molecule has 0 heterocycles. The van der Waals surface area contributed by atoms with E-state index in [0.717, 1.165) is 5.56 Å². The maximum absolute atomic E-state index is 11.7. The fourth-order valence-corrected chi connectivity index (χ4v) is 1.35. The van der Waals surface area contributed by atoms with Gasteiger partial charge in [-0.05, 0) is 18.4 Å². The molecule has 1 rings (SSSR count). The van der Waals surface area contributed by atoms with Gasteiger partial charge in [-0.25, -0.2) is 0 Å². The largest absolute Gasteiger partial charge is 0.458 e. The lowest BCUT2D eigenvalue weighted by atomic mass is 9.98. The van der Waals surface area contributed by atoms with Crippen molar-refractivity contribution in [1.82, 2.24) is 0 Å². The van der Waals surface area contributed by atoms with Gasteiger partial charge in [0.1, 0.15) is 6.10 Å². The first-order chi connectivity index (χ1) is 7.52. The van der Waals surface area contributed by atoms with Crippen LogP contribution in [-0.4, -0.2) is 5.97 Å². The van der Waals surface area contributed by atoms with E-state index in [2.05, 4.69) is 0 Å². The van der Waals surface area contributed by atoms with E-state index in [4.69, 9.17) is 4.74 Å². The molecule has 2 nitrogen and oxygen atoms in total. The van der Waals surface area contributed by atoms with E-state index in [0.29, 0.717) is 5.92 Å². The average Bonchev–Trinajstić information content (AvgIpc) is 2.28. The van der Waals surface area contributed by atoms with Gasteiger partial charge < -0.3 is 4.74 Å². The SMILES string of the molecule is CC(OC(=O)C(C)C(C)C)c1ccccc1. The van der Waals surface area contributed by atoms with Crippen molar-refractivity contribution < 1.29 is 9.53 Å². The van der Waals surface area contributed by atoms with Crippen molar-refractivity contribution >= 4 is 5.97 Å². The highest BCUT2D eigenvalue weighted by molar-refractivity contribution is 5.72. The van der Waals surface area contributed by atoms with Gasteiger partial charge in [0, 0.05) is 0 Å². The fraction of sp³-hybridized carbons (Fsp3) is 0.500. The molecule has 0 radical (unpaired) electrons. The van der Waals surface area contributed by atoms with Crippen LogP contribution in [0.5, 0.6) is 0 Å². The zero-order valence-electron chi connectivity index (χ0n) is 10.4. The molecule has 2 heteroatoms. The molecule has 2 unspecified atom stereocenters. The molecule has 0 fully saturated rings. The van der Waals surface area contributed by atoms with Crippen LogP contribution >= 0.6 is 0 Å². The third-order valence-electron chi connectivity index (χ3n) is 2.93. The second kappa shape index (κ2) is 5.69. The van der Waals surface area contributed by atoms with Crippen LogP contribution < -0.4 is 0 Å². The van der Waals surface area contributed by atoms with Gasteiger partial charge in [-0.1, -0.05) is 51.1 Å². The number of carbonyl (C=O) groups is 1. The topological polar surface area (TPSA) is 26.3 Å². The van der Waals surface area contributed by atoms with Crippen LogP contribution in [0.15, 0.2) is 30.3 Å². The Balaban J connectivity index is 2.58. The Labute approximate surface area is 97.6 Å². The molecule has 2 atom stereocenters. The van der Waals surface area contributed by atoms with Gasteiger partial charge in [-0.3, -0.25) is 4.79 Å². The summed E-state index contributed by atoms with van der Waals surface area (Å²) >= 11 is 0. The van der Waals surface area contributed by atoms with Gasteiger partial charge in [-0.15, -0.1) is 0 Å². The van der Waals surface area contributed by atoms with E-state index >= 15 is 0 Å².